The second-order valence-electron chi connectivity index (χ2n) is 6.82. The lowest BCUT2D eigenvalue weighted by molar-refractivity contribution is -0.143. The minimum absolute atomic E-state index is 0.0392. The first-order valence-corrected chi connectivity index (χ1v) is 8.33. The van der Waals surface area contributed by atoms with E-state index >= 15 is 0 Å². The van der Waals surface area contributed by atoms with Crippen molar-refractivity contribution in [1.29, 1.82) is 0 Å². The van der Waals surface area contributed by atoms with E-state index in [2.05, 4.69) is 5.10 Å². The number of carbonyl (C=O) groups is 2. The molecule has 3 rings (SSSR count). The molecule has 7 nitrogen and oxygen atoms in total. The second kappa shape index (κ2) is 6.78. The largest absolute Gasteiger partial charge is 0.504 e. The highest BCUT2D eigenvalue weighted by atomic mass is 19.1. The van der Waals surface area contributed by atoms with E-state index in [1.54, 1.807) is 6.92 Å². The summed E-state index contributed by atoms with van der Waals surface area (Å²) in [6.07, 6.45) is 1.80. The van der Waals surface area contributed by atoms with Crippen LogP contribution in [-0.4, -0.2) is 49.9 Å². The van der Waals surface area contributed by atoms with Crippen LogP contribution in [0.15, 0.2) is 24.4 Å². The SMILES string of the molecule is Cc1cc(F)ccc1-n1cc(O)c(C(=O)N2CC(C)CC(C(=O)O)C2)n1. The maximum atomic E-state index is 13.3. The van der Waals surface area contributed by atoms with Gasteiger partial charge in [0.25, 0.3) is 5.91 Å². The Morgan fingerprint density at radius 3 is 2.69 bits per heavy atom. The average molecular weight is 361 g/mol. The monoisotopic (exact) mass is 361 g/mol. The van der Waals surface area contributed by atoms with Crippen molar-refractivity contribution in [2.75, 3.05) is 13.1 Å². The fraction of sp³-hybridized carbons (Fsp3) is 0.389. The number of aromatic nitrogens is 2. The lowest BCUT2D eigenvalue weighted by atomic mass is 9.90. The number of rotatable bonds is 3. The van der Waals surface area contributed by atoms with E-state index in [4.69, 9.17) is 0 Å². The van der Waals surface area contributed by atoms with Crippen molar-refractivity contribution in [3.8, 4) is 11.4 Å². The first kappa shape index (κ1) is 17.9. The number of likely N-dealkylation sites (tertiary alicyclic amines) is 1. The van der Waals surface area contributed by atoms with Crippen LogP contribution in [0.5, 0.6) is 5.75 Å². The Kier molecular flexibility index (Phi) is 4.67. The topological polar surface area (TPSA) is 95.7 Å². The Labute approximate surface area is 149 Å². The van der Waals surface area contributed by atoms with Gasteiger partial charge in [-0.3, -0.25) is 9.59 Å². The first-order chi connectivity index (χ1) is 12.3. The van der Waals surface area contributed by atoms with Crippen molar-refractivity contribution in [2.24, 2.45) is 11.8 Å². The number of carboxylic acids is 1. The van der Waals surface area contributed by atoms with Gasteiger partial charge in [-0.25, -0.2) is 9.07 Å². The summed E-state index contributed by atoms with van der Waals surface area (Å²) in [7, 11) is 0. The van der Waals surface area contributed by atoms with E-state index in [1.165, 1.54) is 34.0 Å². The predicted octanol–water partition coefficient (Wildman–Crippen LogP) is 2.21. The van der Waals surface area contributed by atoms with Gasteiger partial charge in [-0.1, -0.05) is 6.92 Å². The number of piperidine rings is 1. The molecule has 0 radical (unpaired) electrons. The molecule has 8 heteroatoms. The summed E-state index contributed by atoms with van der Waals surface area (Å²) in [5.41, 5.74) is 0.993. The molecule has 1 aliphatic rings. The molecule has 1 saturated heterocycles. The molecule has 2 N–H and O–H groups in total. The molecular formula is C18H20FN3O4. The number of hydrogen-bond acceptors (Lipinski definition) is 4. The maximum Gasteiger partial charge on any atom is 0.308 e. The van der Waals surface area contributed by atoms with Crippen LogP contribution < -0.4 is 0 Å². The number of aromatic hydroxyl groups is 1. The summed E-state index contributed by atoms with van der Waals surface area (Å²) < 4.78 is 14.6. The van der Waals surface area contributed by atoms with Crippen LogP contribution >= 0.6 is 0 Å². The molecular weight excluding hydrogens is 341 g/mol. The van der Waals surface area contributed by atoms with Crippen LogP contribution in [0.3, 0.4) is 0 Å². The van der Waals surface area contributed by atoms with Gasteiger partial charge in [-0.15, -0.1) is 0 Å². The lowest BCUT2D eigenvalue weighted by Gasteiger charge is -2.34. The fourth-order valence-corrected chi connectivity index (χ4v) is 3.36. The van der Waals surface area contributed by atoms with Crippen LogP contribution in [-0.2, 0) is 4.79 Å². The lowest BCUT2D eigenvalue weighted by Crippen LogP contribution is -2.45. The highest BCUT2D eigenvalue weighted by Crippen LogP contribution is 2.26. The normalized spacial score (nSPS) is 20.2. The van der Waals surface area contributed by atoms with Gasteiger partial charge in [0.05, 0.1) is 17.8 Å². The predicted molar refractivity (Wildman–Crippen MR) is 90.7 cm³/mol. The molecule has 1 aromatic heterocycles. The zero-order valence-corrected chi connectivity index (χ0v) is 14.5. The molecule has 138 valence electrons. The van der Waals surface area contributed by atoms with Crippen molar-refractivity contribution in [3.63, 3.8) is 0 Å². The number of aryl methyl sites for hydroxylation is 1. The van der Waals surface area contributed by atoms with Gasteiger partial charge >= 0.3 is 5.97 Å². The molecule has 1 fully saturated rings. The number of carbonyl (C=O) groups excluding carboxylic acids is 1. The standard InChI is InChI=1S/C18H20FN3O4/c1-10-5-12(18(25)26)8-21(7-10)17(24)16-15(23)9-22(20-16)14-4-3-13(19)6-11(14)2/h3-4,6,9-10,12,23H,5,7-8H2,1-2H3,(H,25,26). The highest BCUT2D eigenvalue weighted by molar-refractivity contribution is 5.95. The van der Waals surface area contributed by atoms with Gasteiger partial charge in [0.2, 0.25) is 0 Å². The van der Waals surface area contributed by atoms with Crippen LogP contribution in [0.1, 0.15) is 29.4 Å². The molecule has 2 unspecified atom stereocenters. The zero-order valence-electron chi connectivity index (χ0n) is 14.5. The molecule has 0 saturated carbocycles. The summed E-state index contributed by atoms with van der Waals surface area (Å²) in [6, 6.07) is 4.11. The number of nitrogens with zero attached hydrogens (tertiary/aromatic N) is 3. The van der Waals surface area contributed by atoms with Crippen LogP contribution in [0.4, 0.5) is 4.39 Å². The smallest absolute Gasteiger partial charge is 0.308 e. The summed E-state index contributed by atoms with van der Waals surface area (Å²) in [6.45, 7) is 4.07. The Morgan fingerprint density at radius 2 is 2.04 bits per heavy atom. The third kappa shape index (κ3) is 3.40. The summed E-state index contributed by atoms with van der Waals surface area (Å²) in [5.74, 6) is -2.74. The van der Waals surface area contributed by atoms with E-state index < -0.39 is 17.8 Å². The third-order valence-corrected chi connectivity index (χ3v) is 4.60. The maximum absolute atomic E-state index is 13.3. The number of aliphatic carboxylic acids is 1. The number of halogens is 1. The van der Waals surface area contributed by atoms with Crippen LogP contribution in [0.2, 0.25) is 0 Å². The van der Waals surface area contributed by atoms with Crippen molar-refractivity contribution in [1.82, 2.24) is 14.7 Å². The van der Waals surface area contributed by atoms with Crippen LogP contribution in [0.25, 0.3) is 5.69 Å². The highest BCUT2D eigenvalue weighted by Gasteiger charge is 2.34. The summed E-state index contributed by atoms with van der Waals surface area (Å²) in [4.78, 5) is 25.5. The van der Waals surface area contributed by atoms with Crippen molar-refractivity contribution in [3.05, 3.63) is 41.5 Å². The van der Waals surface area contributed by atoms with Crippen LogP contribution in [0, 0.1) is 24.6 Å². The molecule has 0 spiro atoms. The van der Waals surface area contributed by atoms with E-state index in [-0.39, 0.29) is 29.7 Å². The number of hydrogen-bond donors (Lipinski definition) is 2. The van der Waals surface area contributed by atoms with Gasteiger partial charge in [-0.05, 0) is 43.0 Å². The summed E-state index contributed by atoms with van der Waals surface area (Å²) >= 11 is 0. The van der Waals surface area contributed by atoms with Crippen molar-refractivity contribution >= 4 is 11.9 Å². The van der Waals surface area contributed by atoms with Crippen molar-refractivity contribution < 1.29 is 24.2 Å². The van der Waals surface area contributed by atoms with Gasteiger partial charge in [0.15, 0.2) is 11.4 Å². The van der Waals surface area contributed by atoms with Gasteiger partial charge in [0, 0.05) is 13.1 Å². The molecule has 2 heterocycles. The van der Waals surface area contributed by atoms with E-state index in [1.807, 2.05) is 6.92 Å². The second-order valence-corrected chi connectivity index (χ2v) is 6.82. The molecule has 26 heavy (non-hydrogen) atoms. The average Bonchev–Trinajstić information content (AvgIpc) is 2.95. The van der Waals surface area contributed by atoms with Gasteiger partial charge < -0.3 is 15.1 Å². The van der Waals surface area contributed by atoms with Crippen molar-refractivity contribution in [2.45, 2.75) is 20.3 Å². The van der Waals surface area contributed by atoms with E-state index in [0.717, 1.165) is 0 Å². The fourth-order valence-electron chi connectivity index (χ4n) is 3.36. The summed E-state index contributed by atoms with van der Waals surface area (Å²) in [5, 5.41) is 23.6. The molecule has 0 bridgehead atoms. The Balaban J connectivity index is 1.88. The van der Waals surface area contributed by atoms with Gasteiger partial charge in [0.1, 0.15) is 5.82 Å². The third-order valence-electron chi connectivity index (χ3n) is 4.60. The number of benzene rings is 1. The molecule has 1 amide bonds. The Hall–Kier alpha value is -2.90. The Morgan fingerprint density at radius 1 is 1.31 bits per heavy atom. The quantitative estimate of drug-likeness (QED) is 0.874. The molecule has 2 atom stereocenters. The van der Waals surface area contributed by atoms with Gasteiger partial charge in [-0.2, -0.15) is 5.10 Å². The minimum atomic E-state index is -0.939. The number of carboxylic acid groups (broad SMARTS) is 1. The molecule has 0 aliphatic carbocycles. The number of amides is 1. The van der Waals surface area contributed by atoms with E-state index in [9.17, 15) is 24.2 Å². The van der Waals surface area contributed by atoms with E-state index in [0.29, 0.717) is 24.2 Å². The Bertz CT molecular complexity index is 864. The first-order valence-electron chi connectivity index (χ1n) is 8.33. The molecule has 2 aromatic rings. The molecule has 1 aromatic carbocycles. The minimum Gasteiger partial charge on any atom is -0.504 e. The molecule has 1 aliphatic heterocycles. The zero-order chi connectivity index (χ0) is 19.0.